The van der Waals surface area contributed by atoms with Crippen molar-refractivity contribution in [2.24, 2.45) is 0 Å². The number of hydrogen-bond donors (Lipinski definition) is 0. The molecular weight excluding hydrogens is 321 g/mol. The van der Waals surface area contributed by atoms with Gasteiger partial charge in [0.1, 0.15) is 6.61 Å². The molecule has 0 saturated carbocycles. The Hall–Kier alpha value is -1.49. The molecule has 2 aromatic rings. The van der Waals surface area contributed by atoms with Gasteiger partial charge in [-0.15, -0.1) is 0 Å². The van der Waals surface area contributed by atoms with Gasteiger partial charge in [-0.2, -0.15) is 0 Å². The van der Waals surface area contributed by atoms with Crippen molar-refractivity contribution < 1.29 is 17.9 Å². The van der Waals surface area contributed by atoms with Crippen LogP contribution >= 0.6 is 15.9 Å². The summed E-state index contributed by atoms with van der Waals surface area (Å²) in [6, 6.07) is 8.02. The first kappa shape index (κ1) is 13.9. The molecule has 0 fully saturated rings. The lowest BCUT2D eigenvalue weighted by atomic mass is 10.2. The van der Waals surface area contributed by atoms with Gasteiger partial charge in [-0.05, 0) is 35.4 Å². The van der Waals surface area contributed by atoms with Gasteiger partial charge in [0.25, 0.3) is 0 Å². The second kappa shape index (κ2) is 6.10. The van der Waals surface area contributed by atoms with Gasteiger partial charge in [0.2, 0.25) is 0 Å². The molecule has 0 atom stereocenters. The maximum atomic E-state index is 13.6. The SMILES string of the molecule is Fc1ccc(COc2ccc(CBr)cc2F)cc1F. The Labute approximate surface area is 117 Å². The van der Waals surface area contributed by atoms with Crippen LogP contribution in [-0.4, -0.2) is 0 Å². The van der Waals surface area contributed by atoms with Crippen LogP contribution < -0.4 is 4.74 Å². The first-order chi connectivity index (χ1) is 9.10. The largest absolute Gasteiger partial charge is 0.486 e. The van der Waals surface area contributed by atoms with E-state index in [9.17, 15) is 13.2 Å². The molecule has 0 aliphatic rings. The molecule has 1 nitrogen and oxygen atoms in total. The third-order valence-electron chi connectivity index (χ3n) is 2.53. The zero-order valence-electron chi connectivity index (χ0n) is 9.80. The van der Waals surface area contributed by atoms with E-state index >= 15 is 0 Å². The molecule has 0 unspecified atom stereocenters. The summed E-state index contributed by atoms with van der Waals surface area (Å²) in [5, 5.41) is 0.549. The van der Waals surface area contributed by atoms with Gasteiger partial charge in [-0.25, -0.2) is 13.2 Å². The Morgan fingerprint density at radius 3 is 2.16 bits per heavy atom. The van der Waals surface area contributed by atoms with E-state index in [0.717, 1.165) is 17.7 Å². The van der Waals surface area contributed by atoms with Crippen LogP contribution in [0.4, 0.5) is 13.2 Å². The fourth-order valence-electron chi connectivity index (χ4n) is 1.54. The molecule has 0 aromatic heterocycles. The van der Waals surface area contributed by atoms with Crippen molar-refractivity contribution in [3.63, 3.8) is 0 Å². The minimum atomic E-state index is -0.948. The first-order valence-corrected chi connectivity index (χ1v) is 6.63. The lowest BCUT2D eigenvalue weighted by Gasteiger charge is -2.08. The van der Waals surface area contributed by atoms with E-state index in [2.05, 4.69) is 15.9 Å². The third-order valence-corrected chi connectivity index (χ3v) is 3.18. The maximum absolute atomic E-state index is 13.6. The predicted molar refractivity (Wildman–Crippen MR) is 69.7 cm³/mol. The van der Waals surface area contributed by atoms with Crippen LogP contribution in [-0.2, 0) is 11.9 Å². The number of halogens is 4. The topological polar surface area (TPSA) is 9.23 Å². The van der Waals surface area contributed by atoms with Gasteiger partial charge in [0.05, 0.1) is 0 Å². The number of alkyl halides is 1. The van der Waals surface area contributed by atoms with Crippen LogP contribution in [0, 0.1) is 17.5 Å². The zero-order chi connectivity index (χ0) is 13.8. The van der Waals surface area contributed by atoms with Gasteiger partial charge < -0.3 is 4.74 Å². The summed E-state index contributed by atoms with van der Waals surface area (Å²) in [6.45, 7) is -0.0260. The second-order valence-electron chi connectivity index (χ2n) is 3.94. The summed E-state index contributed by atoms with van der Waals surface area (Å²) in [6.07, 6.45) is 0. The Morgan fingerprint density at radius 1 is 0.842 bits per heavy atom. The standard InChI is InChI=1S/C14H10BrF3O/c15-7-9-2-4-14(13(18)5-9)19-8-10-1-3-11(16)12(17)6-10/h1-6H,7-8H2. The predicted octanol–water partition coefficient (Wildman–Crippen LogP) is 4.58. The molecule has 2 rings (SSSR count). The Bertz CT molecular complexity index is 587. The highest BCUT2D eigenvalue weighted by molar-refractivity contribution is 9.08. The monoisotopic (exact) mass is 330 g/mol. The van der Waals surface area contributed by atoms with Crippen LogP contribution in [0.5, 0.6) is 5.75 Å². The number of rotatable bonds is 4. The van der Waals surface area contributed by atoms with Crippen molar-refractivity contribution in [3.05, 3.63) is 65.0 Å². The van der Waals surface area contributed by atoms with E-state index in [-0.39, 0.29) is 12.4 Å². The van der Waals surface area contributed by atoms with Crippen molar-refractivity contribution in [3.8, 4) is 5.75 Å². The van der Waals surface area contributed by atoms with E-state index in [1.54, 1.807) is 6.07 Å². The Morgan fingerprint density at radius 2 is 1.53 bits per heavy atom. The highest BCUT2D eigenvalue weighted by atomic mass is 79.9. The first-order valence-electron chi connectivity index (χ1n) is 5.51. The van der Waals surface area contributed by atoms with Crippen molar-refractivity contribution in [1.29, 1.82) is 0 Å². The molecule has 100 valence electrons. The molecule has 0 N–H and O–H groups in total. The summed E-state index contributed by atoms with van der Waals surface area (Å²) in [5.74, 6) is -2.28. The molecule has 0 saturated heterocycles. The molecule has 0 spiro atoms. The molecule has 5 heteroatoms. The molecule has 0 aliphatic heterocycles. The normalized spacial score (nSPS) is 10.5. The smallest absolute Gasteiger partial charge is 0.165 e. The van der Waals surface area contributed by atoms with Crippen molar-refractivity contribution in [2.45, 2.75) is 11.9 Å². The highest BCUT2D eigenvalue weighted by Gasteiger charge is 2.06. The van der Waals surface area contributed by atoms with Crippen molar-refractivity contribution >= 4 is 15.9 Å². The fourth-order valence-corrected chi connectivity index (χ4v) is 1.88. The molecule has 0 heterocycles. The lowest BCUT2D eigenvalue weighted by molar-refractivity contribution is 0.289. The zero-order valence-corrected chi connectivity index (χ0v) is 11.4. The van der Waals surface area contributed by atoms with Crippen LogP contribution in [0.2, 0.25) is 0 Å². The lowest BCUT2D eigenvalue weighted by Crippen LogP contribution is -1.99. The second-order valence-corrected chi connectivity index (χ2v) is 4.50. The van der Waals surface area contributed by atoms with Gasteiger partial charge in [-0.1, -0.05) is 28.1 Å². The van der Waals surface area contributed by atoms with E-state index in [1.165, 1.54) is 18.2 Å². The van der Waals surface area contributed by atoms with Crippen LogP contribution in [0.1, 0.15) is 11.1 Å². The fraction of sp³-hybridized carbons (Fsp3) is 0.143. The number of hydrogen-bond acceptors (Lipinski definition) is 1. The van der Waals surface area contributed by atoms with E-state index in [1.807, 2.05) is 0 Å². The molecule has 0 amide bonds. The number of ether oxygens (including phenoxy) is 1. The van der Waals surface area contributed by atoms with Crippen LogP contribution in [0.3, 0.4) is 0 Å². The average Bonchev–Trinajstić information content (AvgIpc) is 2.41. The summed E-state index contributed by atoms with van der Waals surface area (Å²) < 4.78 is 44.5. The van der Waals surface area contributed by atoms with Crippen molar-refractivity contribution in [1.82, 2.24) is 0 Å². The quantitative estimate of drug-likeness (QED) is 0.746. The van der Waals surface area contributed by atoms with E-state index < -0.39 is 17.5 Å². The molecule has 2 aromatic carbocycles. The molecule has 19 heavy (non-hydrogen) atoms. The number of benzene rings is 2. The Balaban J connectivity index is 2.07. The van der Waals surface area contributed by atoms with E-state index in [4.69, 9.17) is 4.74 Å². The van der Waals surface area contributed by atoms with Gasteiger partial charge in [0, 0.05) is 5.33 Å². The van der Waals surface area contributed by atoms with Gasteiger partial charge in [-0.3, -0.25) is 0 Å². The van der Waals surface area contributed by atoms with Gasteiger partial charge >= 0.3 is 0 Å². The Kier molecular flexibility index (Phi) is 4.47. The summed E-state index contributed by atoms with van der Waals surface area (Å²) >= 11 is 3.22. The van der Waals surface area contributed by atoms with Crippen LogP contribution in [0.15, 0.2) is 36.4 Å². The van der Waals surface area contributed by atoms with E-state index in [0.29, 0.717) is 10.9 Å². The summed E-state index contributed by atoms with van der Waals surface area (Å²) in [5.41, 5.74) is 1.22. The minimum Gasteiger partial charge on any atom is -0.486 e. The van der Waals surface area contributed by atoms with Crippen molar-refractivity contribution in [2.75, 3.05) is 0 Å². The molecular formula is C14H10BrF3O. The van der Waals surface area contributed by atoms with Gasteiger partial charge in [0.15, 0.2) is 23.2 Å². The summed E-state index contributed by atoms with van der Waals surface area (Å²) in [7, 11) is 0. The summed E-state index contributed by atoms with van der Waals surface area (Å²) in [4.78, 5) is 0. The maximum Gasteiger partial charge on any atom is 0.165 e. The average molecular weight is 331 g/mol. The van der Waals surface area contributed by atoms with Crippen LogP contribution in [0.25, 0.3) is 0 Å². The molecule has 0 radical (unpaired) electrons. The third kappa shape index (κ3) is 3.50. The molecule has 0 bridgehead atoms. The minimum absolute atomic E-state index is 0.0260. The molecule has 0 aliphatic carbocycles. The highest BCUT2D eigenvalue weighted by Crippen LogP contribution is 2.21.